The summed E-state index contributed by atoms with van der Waals surface area (Å²) in [5.74, 6) is 0.234. The molecule has 3 aromatic heterocycles. The largest absolute Gasteiger partial charge is 0.355 e. The highest BCUT2D eigenvalue weighted by Crippen LogP contribution is 2.23. The van der Waals surface area contributed by atoms with Gasteiger partial charge in [0.05, 0.1) is 29.7 Å². The van der Waals surface area contributed by atoms with E-state index in [1.807, 2.05) is 34.0 Å². The Morgan fingerprint density at radius 3 is 2.65 bits per heavy atom. The molecule has 1 amide bonds. The van der Waals surface area contributed by atoms with Gasteiger partial charge in [-0.2, -0.15) is 10.2 Å². The highest BCUT2D eigenvalue weighted by molar-refractivity contribution is 5.93. The number of aromatic nitrogens is 5. The van der Waals surface area contributed by atoms with Crippen molar-refractivity contribution in [2.45, 2.75) is 20.4 Å². The maximum atomic E-state index is 12.2. The molecule has 120 valence electrons. The van der Waals surface area contributed by atoms with Crippen molar-refractivity contribution in [2.75, 3.05) is 0 Å². The van der Waals surface area contributed by atoms with E-state index >= 15 is 0 Å². The third-order valence-electron chi connectivity index (χ3n) is 3.77. The highest BCUT2D eigenvalue weighted by Gasteiger charge is 2.17. The monoisotopic (exact) mass is 314 g/mol. The Labute approximate surface area is 133 Å². The zero-order chi connectivity index (χ0) is 16.6. The predicted molar refractivity (Wildman–Crippen MR) is 82.6 cm³/mol. The van der Waals surface area contributed by atoms with Gasteiger partial charge in [0.25, 0.3) is 5.91 Å². The van der Waals surface area contributed by atoms with Crippen LogP contribution in [0, 0.1) is 13.8 Å². The van der Waals surface area contributed by atoms with Crippen molar-refractivity contribution in [1.82, 2.24) is 30.0 Å². The first kappa shape index (κ1) is 15.0. The summed E-state index contributed by atoms with van der Waals surface area (Å²) in [6, 6.07) is 3.54. The van der Waals surface area contributed by atoms with Crippen LogP contribution in [0.25, 0.3) is 11.3 Å². The van der Waals surface area contributed by atoms with Crippen LogP contribution < -0.4 is 5.32 Å². The summed E-state index contributed by atoms with van der Waals surface area (Å²) < 4.78 is 8.74. The number of rotatable bonds is 4. The number of nitrogens with zero attached hydrogens (tertiary/aromatic N) is 5. The first-order valence-electron chi connectivity index (χ1n) is 7.19. The molecule has 3 rings (SSSR count). The minimum atomic E-state index is -0.291. The zero-order valence-electron chi connectivity index (χ0n) is 13.5. The number of aryl methyl sites for hydroxylation is 3. The van der Waals surface area contributed by atoms with E-state index in [1.165, 1.54) is 0 Å². The van der Waals surface area contributed by atoms with Crippen molar-refractivity contribution in [3.8, 4) is 11.3 Å². The van der Waals surface area contributed by atoms with Crippen LogP contribution in [0.4, 0.5) is 0 Å². The van der Waals surface area contributed by atoms with Gasteiger partial charge in [0.15, 0.2) is 11.5 Å². The standard InChI is InChI=1S/C15H18N6O2/c1-9-5-11(21(4)18-9)7-16-15(22)13-6-14(23-19-13)12-8-17-20(3)10(12)2/h5-6,8H,7H2,1-4H3,(H,16,22). The number of hydrogen-bond acceptors (Lipinski definition) is 5. The quantitative estimate of drug-likeness (QED) is 0.785. The van der Waals surface area contributed by atoms with Gasteiger partial charge < -0.3 is 9.84 Å². The fraction of sp³-hybridized carbons (Fsp3) is 0.333. The normalized spacial score (nSPS) is 11.0. The third-order valence-corrected chi connectivity index (χ3v) is 3.77. The van der Waals surface area contributed by atoms with E-state index in [0.29, 0.717) is 12.3 Å². The molecule has 3 heterocycles. The Hall–Kier alpha value is -2.90. The number of nitrogens with one attached hydrogen (secondary N) is 1. The maximum absolute atomic E-state index is 12.2. The van der Waals surface area contributed by atoms with E-state index in [9.17, 15) is 4.79 Å². The SMILES string of the molecule is Cc1cc(CNC(=O)c2cc(-c3cnn(C)c3C)on2)n(C)n1. The van der Waals surface area contributed by atoms with Gasteiger partial charge in [-0.3, -0.25) is 14.2 Å². The van der Waals surface area contributed by atoms with Crippen LogP contribution in [-0.4, -0.2) is 30.6 Å². The smallest absolute Gasteiger partial charge is 0.273 e. The average molecular weight is 314 g/mol. The van der Waals surface area contributed by atoms with Crippen LogP contribution in [-0.2, 0) is 20.6 Å². The topological polar surface area (TPSA) is 90.8 Å². The second kappa shape index (κ2) is 5.71. The fourth-order valence-corrected chi connectivity index (χ4v) is 2.34. The van der Waals surface area contributed by atoms with E-state index in [-0.39, 0.29) is 11.6 Å². The van der Waals surface area contributed by atoms with Crippen LogP contribution >= 0.6 is 0 Å². The van der Waals surface area contributed by atoms with E-state index in [4.69, 9.17) is 4.52 Å². The molecule has 1 N–H and O–H groups in total. The molecule has 0 atom stereocenters. The molecule has 3 aromatic rings. The Kier molecular flexibility index (Phi) is 3.73. The molecule has 0 aliphatic rings. The maximum Gasteiger partial charge on any atom is 0.273 e. The minimum absolute atomic E-state index is 0.238. The summed E-state index contributed by atoms with van der Waals surface area (Å²) in [6.07, 6.45) is 1.69. The number of carbonyl (C=O) groups excluding carboxylic acids is 1. The van der Waals surface area contributed by atoms with E-state index < -0.39 is 0 Å². The summed E-state index contributed by atoms with van der Waals surface area (Å²) in [7, 11) is 3.69. The number of hydrogen-bond donors (Lipinski definition) is 1. The molecule has 8 heteroatoms. The molecular formula is C15H18N6O2. The van der Waals surface area contributed by atoms with E-state index in [1.54, 1.807) is 21.6 Å². The summed E-state index contributed by atoms with van der Waals surface area (Å²) in [5, 5.41) is 15.0. The molecule has 0 saturated heterocycles. The van der Waals surface area contributed by atoms with Crippen molar-refractivity contribution in [2.24, 2.45) is 14.1 Å². The summed E-state index contributed by atoms with van der Waals surface area (Å²) in [6.45, 7) is 4.21. The van der Waals surface area contributed by atoms with Gasteiger partial charge in [-0.1, -0.05) is 5.16 Å². The second-order valence-electron chi connectivity index (χ2n) is 5.43. The first-order valence-corrected chi connectivity index (χ1v) is 7.19. The molecule has 0 radical (unpaired) electrons. The van der Waals surface area contributed by atoms with Gasteiger partial charge in [-0.15, -0.1) is 0 Å². The van der Waals surface area contributed by atoms with Crippen molar-refractivity contribution >= 4 is 5.91 Å². The van der Waals surface area contributed by atoms with Gasteiger partial charge in [0, 0.05) is 25.9 Å². The molecule has 23 heavy (non-hydrogen) atoms. The molecule has 0 bridgehead atoms. The van der Waals surface area contributed by atoms with Crippen LogP contribution in [0.5, 0.6) is 0 Å². The van der Waals surface area contributed by atoms with Gasteiger partial charge in [0.2, 0.25) is 0 Å². The Balaban J connectivity index is 1.71. The molecule has 0 spiro atoms. The van der Waals surface area contributed by atoms with Crippen LogP contribution in [0.3, 0.4) is 0 Å². The van der Waals surface area contributed by atoms with Gasteiger partial charge >= 0.3 is 0 Å². The third kappa shape index (κ3) is 2.87. The van der Waals surface area contributed by atoms with Crippen molar-refractivity contribution in [3.05, 3.63) is 41.1 Å². The van der Waals surface area contributed by atoms with Gasteiger partial charge in [-0.25, -0.2) is 0 Å². The summed E-state index contributed by atoms with van der Waals surface area (Å²) in [4.78, 5) is 12.2. The van der Waals surface area contributed by atoms with Crippen LogP contribution in [0.1, 0.15) is 27.6 Å². The number of amides is 1. The Bertz CT molecular complexity index is 857. The minimum Gasteiger partial charge on any atom is -0.355 e. The second-order valence-corrected chi connectivity index (χ2v) is 5.43. The van der Waals surface area contributed by atoms with E-state index in [0.717, 1.165) is 22.6 Å². The molecule has 0 aliphatic carbocycles. The Morgan fingerprint density at radius 1 is 1.26 bits per heavy atom. The highest BCUT2D eigenvalue weighted by atomic mass is 16.5. The predicted octanol–water partition coefficient (Wildman–Crippen LogP) is 1.36. The molecule has 8 nitrogen and oxygen atoms in total. The van der Waals surface area contributed by atoms with Gasteiger partial charge in [0.1, 0.15) is 0 Å². The lowest BCUT2D eigenvalue weighted by molar-refractivity contribution is 0.0941. The summed E-state index contributed by atoms with van der Waals surface area (Å²) in [5.41, 5.74) is 3.83. The van der Waals surface area contributed by atoms with Crippen molar-refractivity contribution in [3.63, 3.8) is 0 Å². The Morgan fingerprint density at radius 2 is 2.04 bits per heavy atom. The molecule has 0 aliphatic heterocycles. The van der Waals surface area contributed by atoms with Crippen molar-refractivity contribution in [1.29, 1.82) is 0 Å². The molecular weight excluding hydrogens is 296 g/mol. The van der Waals surface area contributed by atoms with Crippen LogP contribution in [0.15, 0.2) is 22.9 Å². The lowest BCUT2D eigenvalue weighted by Crippen LogP contribution is -2.24. The average Bonchev–Trinajstić information content (AvgIpc) is 3.18. The summed E-state index contributed by atoms with van der Waals surface area (Å²) >= 11 is 0. The van der Waals surface area contributed by atoms with E-state index in [2.05, 4.69) is 20.7 Å². The lowest BCUT2D eigenvalue weighted by Gasteiger charge is -2.02. The van der Waals surface area contributed by atoms with Crippen molar-refractivity contribution < 1.29 is 9.32 Å². The molecule has 0 saturated carbocycles. The fourth-order valence-electron chi connectivity index (χ4n) is 2.34. The molecule has 0 fully saturated rings. The number of carbonyl (C=O) groups is 1. The molecule has 0 aromatic carbocycles. The van der Waals surface area contributed by atoms with Gasteiger partial charge in [-0.05, 0) is 19.9 Å². The lowest BCUT2D eigenvalue weighted by atomic mass is 10.2. The zero-order valence-corrected chi connectivity index (χ0v) is 13.5. The first-order chi connectivity index (χ1) is 11.0. The van der Waals surface area contributed by atoms with Crippen LogP contribution in [0.2, 0.25) is 0 Å². The molecule has 0 unspecified atom stereocenters.